The summed E-state index contributed by atoms with van der Waals surface area (Å²) >= 11 is 0. The first-order chi connectivity index (χ1) is 10.2. The number of hydrogen-bond donors (Lipinski definition) is 2. The Morgan fingerprint density at radius 3 is 1.76 bits per heavy atom. The summed E-state index contributed by atoms with van der Waals surface area (Å²) in [5.74, 6) is 0.787. The van der Waals surface area contributed by atoms with E-state index in [2.05, 4.69) is 79.8 Å². The second-order valence-electron chi connectivity index (χ2n) is 5.62. The number of aliphatic hydroxyl groups excluding tert-OH is 1. The molecule has 0 heterocycles. The van der Waals surface area contributed by atoms with Gasteiger partial charge >= 0.3 is 0 Å². The summed E-state index contributed by atoms with van der Waals surface area (Å²) in [4.78, 5) is 0. The van der Waals surface area contributed by atoms with Crippen molar-refractivity contribution in [2.45, 2.75) is 25.8 Å². The van der Waals surface area contributed by atoms with Gasteiger partial charge in [0.1, 0.15) is 0 Å². The van der Waals surface area contributed by atoms with E-state index in [9.17, 15) is 0 Å². The topological polar surface area (TPSA) is 32.3 Å². The van der Waals surface area contributed by atoms with Crippen LogP contribution in [0.2, 0.25) is 0 Å². The summed E-state index contributed by atoms with van der Waals surface area (Å²) in [5.41, 5.74) is 2.68. The lowest BCUT2D eigenvalue weighted by molar-refractivity contribution is 0.270. The first kappa shape index (κ1) is 15.7. The Balaban J connectivity index is 2.28. The van der Waals surface area contributed by atoms with Gasteiger partial charge in [-0.25, -0.2) is 0 Å². The molecule has 0 saturated carbocycles. The fourth-order valence-electron chi connectivity index (χ4n) is 2.89. The predicted octanol–water partition coefficient (Wildman–Crippen LogP) is 3.43. The van der Waals surface area contributed by atoms with Gasteiger partial charge in [-0.2, -0.15) is 0 Å². The standard InChI is InChI=1S/C19H25NO/c1-15(16(2)20-13-14-21)19(17-9-5-3-6-10-17)18-11-7-4-8-12-18/h3-12,15-16,19-21H,13-14H2,1-2H3/t15-,16+/m0/s1. The van der Waals surface area contributed by atoms with Gasteiger partial charge in [0.15, 0.2) is 0 Å². The Morgan fingerprint density at radius 1 is 0.857 bits per heavy atom. The molecule has 0 unspecified atom stereocenters. The third kappa shape index (κ3) is 4.16. The van der Waals surface area contributed by atoms with E-state index in [1.165, 1.54) is 11.1 Å². The fraction of sp³-hybridized carbons (Fsp3) is 0.368. The number of hydrogen-bond acceptors (Lipinski definition) is 2. The average Bonchev–Trinajstić information content (AvgIpc) is 2.54. The molecular formula is C19H25NO. The van der Waals surface area contributed by atoms with Gasteiger partial charge < -0.3 is 10.4 Å². The molecule has 2 heteroatoms. The molecule has 2 aromatic rings. The molecule has 2 N–H and O–H groups in total. The molecule has 2 rings (SSSR count). The third-order valence-corrected chi connectivity index (χ3v) is 4.21. The number of benzene rings is 2. The Hall–Kier alpha value is -1.64. The van der Waals surface area contributed by atoms with Crippen molar-refractivity contribution in [3.05, 3.63) is 71.8 Å². The minimum Gasteiger partial charge on any atom is -0.395 e. The van der Waals surface area contributed by atoms with Crippen LogP contribution in [0.5, 0.6) is 0 Å². The van der Waals surface area contributed by atoms with Gasteiger partial charge in [-0.05, 0) is 24.0 Å². The minimum atomic E-state index is 0.179. The van der Waals surface area contributed by atoms with Crippen LogP contribution in [0.4, 0.5) is 0 Å². The van der Waals surface area contributed by atoms with Crippen molar-refractivity contribution in [1.82, 2.24) is 5.32 Å². The van der Waals surface area contributed by atoms with Crippen molar-refractivity contribution in [3.63, 3.8) is 0 Å². The van der Waals surface area contributed by atoms with Gasteiger partial charge in [-0.3, -0.25) is 0 Å². The van der Waals surface area contributed by atoms with E-state index in [0.29, 0.717) is 24.4 Å². The summed E-state index contributed by atoms with van der Waals surface area (Å²) in [7, 11) is 0. The summed E-state index contributed by atoms with van der Waals surface area (Å²) in [6.45, 7) is 5.29. The Morgan fingerprint density at radius 2 is 1.33 bits per heavy atom. The van der Waals surface area contributed by atoms with E-state index in [1.807, 2.05) is 0 Å². The van der Waals surface area contributed by atoms with Gasteiger partial charge in [0.2, 0.25) is 0 Å². The van der Waals surface area contributed by atoms with Crippen LogP contribution >= 0.6 is 0 Å². The van der Waals surface area contributed by atoms with Gasteiger partial charge in [0, 0.05) is 18.5 Å². The minimum absolute atomic E-state index is 0.179. The highest BCUT2D eigenvalue weighted by atomic mass is 16.3. The molecule has 0 radical (unpaired) electrons. The van der Waals surface area contributed by atoms with Crippen LogP contribution in [-0.4, -0.2) is 24.3 Å². The molecule has 2 nitrogen and oxygen atoms in total. The zero-order valence-corrected chi connectivity index (χ0v) is 12.9. The van der Waals surface area contributed by atoms with Gasteiger partial charge in [-0.1, -0.05) is 67.6 Å². The molecule has 21 heavy (non-hydrogen) atoms. The van der Waals surface area contributed by atoms with E-state index in [4.69, 9.17) is 5.11 Å². The lowest BCUT2D eigenvalue weighted by Gasteiger charge is -2.30. The molecule has 0 aliphatic heterocycles. The maximum atomic E-state index is 9.01. The van der Waals surface area contributed by atoms with Crippen LogP contribution in [0.15, 0.2) is 60.7 Å². The third-order valence-electron chi connectivity index (χ3n) is 4.21. The van der Waals surface area contributed by atoms with E-state index >= 15 is 0 Å². The SMILES string of the molecule is C[C@H](C(c1ccccc1)c1ccccc1)[C@@H](C)NCCO. The largest absolute Gasteiger partial charge is 0.395 e. The van der Waals surface area contributed by atoms with Crippen LogP contribution in [0.1, 0.15) is 30.9 Å². The summed E-state index contributed by atoms with van der Waals surface area (Å²) < 4.78 is 0. The molecule has 0 saturated heterocycles. The zero-order valence-electron chi connectivity index (χ0n) is 12.9. The maximum absolute atomic E-state index is 9.01. The molecular weight excluding hydrogens is 258 g/mol. The van der Waals surface area contributed by atoms with Crippen molar-refractivity contribution in [2.75, 3.05) is 13.2 Å². The molecule has 0 fully saturated rings. The second-order valence-corrected chi connectivity index (χ2v) is 5.62. The van der Waals surface area contributed by atoms with Crippen molar-refractivity contribution in [2.24, 2.45) is 5.92 Å². The number of aliphatic hydroxyl groups is 1. The second kappa shape index (κ2) is 7.96. The predicted molar refractivity (Wildman–Crippen MR) is 88.4 cm³/mol. The highest BCUT2D eigenvalue weighted by molar-refractivity contribution is 5.33. The molecule has 112 valence electrons. The van der Waals surface area contributed by atoms with Crippen LogP contribution in [-0.2, 0) is 0 Å². The van der Waals surface area contributed by atoms with Crippen LogP contribution in [0.3, 0.4) is 0 Å². The fourth-order valence-corrected chi connectivity index (χ4v) is 2.89. The highest BCUT2D eigenvalue weighted by Gasteiger charge is 2.25. The Bertz CT molecular complexity index is 472. The van der Waals surface area contributed by atoms with Crippen LogP contribution < -0.4 is 5.32 Å². The molecule has 2 atom stereocenters. The van der Waals surface area contributed by atoms with Crippen molar-refractivity contribution < 1.29 is 5.11 Å². The van der Waals surface area contributed by atoms with Crippen molar-refractivity contribution >= 4 is 0 Å². The maximum Gasteiger partial charge on any atom is 0.0556 e. The first-order valence-corrected chi connectivity index (χ1v) is 7.68. The molecule has 0 aromatic heterocycles. The Labute approximate surface area is 127 Å². The van der Waals surface area contributed by atoms with E-state index in [-0.39, 0.29) is 6.61 Å². The molecule has 0 amide bonds. The summed E-state index contributed by atoms with van der Waals surface area (Å²) in [5, 5.41) is 12.4. The number of nitrogens with one attached hydrogen (secondary N) is 1. The summed E-state index contributed by atoms with van der Waals surface area (Å²) in [6.07, 6.45) is 0. The van der Waals surface area contributed by atoms with Crippen LogP contribution in [0.25, 0.3) is 0 Å². The van der Waals surface area contributed by atoms with Gasteiger partial charge in [-0.15, -0.1) is 0 Å². The normalized spacial score (nSPS) is 14.1. The lowest BCUT2D eigenvalue weighted by atomic mass is 9.78. The zero-order chi connectivity index (χ0) is 15.1. The molecule has 0 spiro atoms. The number of rotatable bonds is 7. The van der Waals surface area contributed by atoms with E-state index < -0.39 is 0 Å². The Kier molecular flexibility index (Phi) is 5.97. The van der Waals surface area contributed by atoms with Gasteiger partial charge in [0.05, 0.1) is 6.61 Å². The van der Waals surface area contributed by atoms with Crippen molar-refractivity contribution in [3.8, 4) is 0 Å². The summed E-state index contributed by atoms with van der Waals surface area (Å²) in [6, 6.07) is 21.7. The van der Waals surface area contributed by atoms with Gasteiger partial charge in [0.25, 0.3) is 0 Å². The van der Waals surface area contributed by atoms with Crippen LogP contribution in [0, 0.1) is 5.92 Å². The molecule has 0 aliphatic rings. The first-order valence-electron chi connectivity index (χ1n) is 7.68. The highest BCUT2D eigenvalue weighted by Crippen LogP contribution is 2.33. The molecule has 0 aliphatic carbocycles. The smallest absolute Gasteiger partial charge is 0.0556 e. The molecule has 2 aromatic carbocycles. The monoisotopic (exact) mass is 283 g/mol. The molecule has 0 bridgehead atoms. The van der Waals surface area contributed by atoms with Crippen molar-refractivity contribution in [1.29, 1.82) is 0 Å². The lowest BCUT2D eigenvalue weighted by Crippen LogP contribution is -2.37. The average molecular weight is 283 g/mol. The van der Waals surface area contributed by atoms with E-state index in [1.54, 1.807) is 0 Å². The quantitative estimate of drug-likeness (QED) is 0.816. The van der Waals surface area contributed by atoms with E-state index in [0.717, 1.165) is 0 Å².